The fourth-order valence-corrected chi connectivity index (χ4v) is 1.57. The first-order chi connectivity index (χ1) is 6.29. The highest BCUT2D eigenvalue weighted by atomic mass is 79.9. The second kappa shape index (κ2) is 5.07. The summed E-state index contributed by atoms with van der Waals surface area (Å²) in [4.78, 5) is 0. The molecule has 1 aromatic carbocycles. The van der Waals surface area contributed by atoms with E-state index >= 15 is 0 Å². The Morgan fingerprint density at radius 3 is 2.77 bits per heavy atom. The molecule has 0 bridgehead atoms. The van der Waals surface area contributed by atoms with Gasteiger partial charge in [-0.05, 0) is 26.0 Å². The van der Waals surface area contributed by atoms with Crippen LogP contribution in [0.15, 0.2) is 34.8 Å². The van der Waals surface area contributed by atoms with Gasteiger partial charge >= 0.3 is 0 Å². The van der Waals surface area contributed by atoms with E-state index in [1.54, 1.807) is 0 Å². The van der Waals surface area contributed by atoms with Crippen LogP contribution in [0.4, 0.5) is 0 Å². The highest BCUT2D eigenvalue weighted by Gasteiger charge is 2.03. The lowest BCUT2D eigenvalue weighted by molar-refractivity contribution is 0.317. The van der Waals surface area contributed by atoms with Crippen LogP contribution >= 0.6 is 15.9 Å². The van der Waals surface area contributed by atoms with Crippen LogP contribution in [-0.2, 0) is 4.74 Å². The fourth-order valence-electron chi connectivity index (χ4n) is 1.09. The van der Waals surface area contributed by atoms with Crippen molar-refractivity contribution in [2.45, 2.75) is 6.92 Å². The average Bonchev–Trinajstić information content (AvgIpc) is 2.16. The summed E-state index contributed by atoms with van der Waals surface area (Å²) in [6, 6.07) is 7.96. The van der Waals surface area contributed by atoms with Crippen LogP contribution in [-0.4, -0.2) is 6.61 Å². The minimum Gasteiger partial charge on any atom is -0.493 e. The Morgan fingerprint density at radius 2 is 2.23 bits per heavy atom. The predicted octanol–water partition coefficient (Wildman–Crippen LogP) is 3.66. The van der Waals surface area contributed by atoms with Crippen LogP contribution in [0.5, 0.6) is 0 Å². The van der Waals surface area contributed by atoms with E-state index in [-0.39, 0.29) is 0 Å². The SMILES string of the molecule is [CH2]COC(=CC)c1ccccc1Br. The molecule has 0 unspecified atom stereocenters. The van der Waals surface area contributed by atoms with Crippen LogP contribution in [0, 0.1) is 6.92 Å². The maximum absolute atomic E-state index is 5.38. The van der Waals surface area contributed by atoms with E-state index in [9.17, 15) is 0 Å². The van der Waals surface area contributed by atoms with Crippen molar-refractivity contribution in [1.29, 1.82) is 0 Å². The molecule has 0 aliphatic heterocycles. The van der Waals surface area contributed by atoms with Gasteiger partial charge < -0.3 is 4.74 Å². The minimum atomic E-state index is 0.445. The van der Waals surface area contributed by atoms with Gasteiger partial charge in [0.1, 0.15) is 5.76 Å². The van der Waals surface area contributed by atoms with Crippen LogP contribution < -0.4 is 0 Å². The molecule has 1 radical (unpaired) electrons. The molecule has 0 aliphatic carbocycles. The van der Waals surface area contributed by atoms with Gasteiger partial charge in [0.25, 0.3) is 0 Å². The normalized spacial score (nSPS) is 11.5. The number of halogens is 1. The molecule has 0 heterocycles. The third-order valence-corrected chi connectivity index (χ3v) is 2.35. The summed E-state index contributed by atoms with van der Waals surface area (Å²) in [5, 5.41) is 0. The Labute approximate surface area is 87.5 Å². The first-order valence-corrected chi connectivity index (χ1v) is 4.92. The smallest absolute Gasteiger partial charge is 0.123 e. The molecule has 0 fully saturated rings. The average molecular weight is 240 g/mol. The van der Waals surface area contributed by atoms with Crippen LogP contribution in [0.25, 0.3) is 5.76 Å². The third-order valence-electron chi connectivity index (χ3n) is 1.66. The molecule has 0 amide bonds. The Balaban J connectivity index is 2.99. The summed E-state index contributed by atoms with van der Waals surface area (Å²) in [5.41, 5.74) is 1.06. The summed E-state index contributed by atoms with van der Waals surface area (Å²) in [6.45, 7) is 6.04. The fraction of sp³-hybridized carbons (Fsp3) is 0.182. The van der Waals surface area contributed by atoms with Crippen molar-refractivity contribution >= 4 is 21.7 Å². The zero-order valence-corrected chi connectivity index (χ0v) is 9.17. The van der Waals surface area contributed by atoms with Crippen molar-refractivity contribution in [3.63, 3.8) is 0 Å². The van der Waals surface area contributed by atoms with Gasteiger partial charge in [-0.2, -0.15) is 0 Å². The van der Waals surface area contributed by atoms with Crippen molar-refractivity contribution in [1.82, 2.24) is 0 Å². The van der Waals surface area contributed by atoms with E-state index in [1.807, 2.05) is 37.3 Å². The summed E-state index contributed by atoms with van der Waals surface area (Å²) < 4.78 is 6.42. The van der Waals surface area contributed by atoms with Crippen molar-refractivity contribution in [2.75, 3.05) is 6.61 Å². The van der Waals surface area contributed by atoms with Crippen LogP contribution in [0.2, 0.25) is 0 Å². The number of rotatable bonds is 3. The lowest BCUT2D eigenvalue weighted by Gasteiger charge is -2.09. The summed E-state index contributed by atoms with van der Waals surface area (Å²) in [5.74, 6) is 0.863. The maximum atomic E-state index is 5.38. The quantitative estimate of drug-likeness (QED) is 0.732. The Kier molecular flexibility index (Phi) is 4.03. The van der Waals surface area contributed by atoms with Crippen molar-refractivity contribution in [3.8, 4) is 0 Å². The number of ether oxygens (including phenoxy) is 1. The molecule has 0 atom stereocenters. The summed E-state index contributed by atoms with van der Waals surface area (Å²) >= 11 is 3.47. The standard InChI is InChI=1S/C11H12BrO/c1-3-11(13-4-2)9-7-5-6-8-10(9)12/h3,5-8H,2,4H2,1H3. The van der Waals surface area contributed by atoms with E-state index in [2.05, 4.69) is 22.9 Å². The van der Waals surface area contributed by atoms with Gasteiger partial charge in [0.05, 0.1) is 6.61 Å². The topological polar surface area (TPSA) is 9.23 Å². The summed E-state index contributed by atoms with van der Waals surface area (Å²) in [6.07, 6.45) is 1.94. The number of hydrogen-bond donors (Lipinski definition) is 0. The predicted molar refractivity (Wildman–Crippen MR) is 59.1 cm³/mol. The maximum Gasteiger partial charge on any atom is 0.123 e. The van der Waals surface area contributed by atoms with E-state index in [0.29, 0.717) is 6.61 Å². The molecule has 0 aliphatic rings. The largest absolute Gasteiger partial charge is 0.493 e. The molecule has 0 spiro atoms. The number of benzene rings is 1. The number of allylic oxidation sites excluding steroid dienone is 1. The highest BCUT2D eigenvalue weighted by molar-refractivity contribution is 9.10. The van der Waals surface area contributed by atoms with E-state index < -0.39 is 0 Å². The van der Waals surface area contributed by atoms with Crippen molar-refractivity contribution in [2.24, 2.45) is 0 Å². The Morgan fingerprint density at radius 1 is 1.54 bits per heavy atom. The number of hydrogen-bond acceptors (Lipinski definition) is 1. The molecular formula is C11H12BrO. The molecule has 1 rings (SSSR count). The van der Waals surface area contributed by atoms with Crippen molar-refractivity contribution in [3.05, 3.63) is 47.3 Å². The van der Waals surface area contributed by atoms with E-state index in [0.717, 1.165) is 15.8 Å². The molecule has 0 aromatic heterocycles. The van der Waals surface area contributed by atoms with Gasteiger partial charge in [0.15, 0.2) is 0 Å². The van der Waals surface area contributed by atoms with E-state index in [4.69, 9.17) is 4.74 Å². The molecule has 2 heteroatoms. The molecule has 1 nitrogen and oxygen atoms in total. The molecule has 69 valence electrons. The van der Waals surface area contributed by atoms with Crippen LogP contribution in [0.1, 0.15) is 12.5 Å². The molecule has 1 aromatic rings. The Hall–Kier alpha value is -0.760. The van der Waals surface area contributed by atoms with Gasteiger partial charge in [0, 0.05) is 10.0 Å². The summed E-state index contributed by atoms with van der Waals surface area (Å²) in [7, 11) is 0. The van der Waals surface area contributed by atoms with Gasteiger partial charge in [-0.1, -0.05) is 34.1 Å². The van der Waals surface area contributed by atoms with Gasteiger partial charge in [-0.15, -0.1) is 0 Å². The van der Waals surface area contributed by atoms with Gasteiger partial charge in [0.2, 0.25) is 0 Å². The zero-order valence-electron chi connectivity index (χ0n) is 7.59. The van der Waals surface area contributed by atoms with Gasteiger partial charge in [-0.3, -0.25) is 0 Å². The molecular weight excluding hydrogens is 228 g/mol. The first-order valence-electron chi connectivity index (χ1n) is 4.13. The zero-order chi connectivity index (χ0) is 9.68. The molecule has 0 N–H and O–H groups in total. The van der Waals surface area contributed by atoms with E-state index in [1.165, 1.54) is 0 Å². The third kappa shape index (κ3) is 2.59. The monoisotopic (exact) mass is 239 g/mol. The minimum absolute atomic E-state index is 0.445. The van der Waals surface area contributed by atoms with Gasteiger partial charge in [-0.25, -0.2) is 0 Å². The molecule has 13 heavy (non-hydrogen) atoms. The highest BCUT2D eigenvalue weighted by Crippen LogP contribution is 2.24. The first kappa shape index (κ1) is 10.3. The molecule has 0 saturated heterocycles. The lowest BCUT2D eigenvalue weighted by Crippen LogP contribution is -1.92. The van der Waals surface area contributed by atoms with Crippen molar-refractivity contribution < 1.29 is 4.74 Å². The lowest BCUT2D eigenvalue weighted by atomic mass is 10.2. The molecule has 0 saturated carbocycles. The second-order valence-corrected chi connectivity index (χ2v) is 3.34. The second-order valence-electron chi connectivity index (χ2n) is 2.48. The Bertz CT molecular complexity index is 305. The van der Waals surface area contributed by atoms with Crippen LogP contribution in [0.3, 0.4) is 0 Å².